The second kappa shape index (κ2) is 5.47. The minimum absolute atomic E-state index is 0.554. The number of hydrogen-bond donors (Lipinski definition) is 3. The van der Waals surface area contributed by atoms with Gasteiger partial charge in [-0.25, -0.2) is 0 Å². The molecule has 0 aromatic heterocycles. The molecule has 4 nitrogen and oxygen atoms in total. The van der Waals surface area contributed by atoms with E-state index in [1.165, 1.54) is 0 Å². The molecule has 0 aliphatic heterocycles. The third-order valence-electron chi connectivity index (χ3n) is 1.89. The quantitative estimate of drug-likeness (QED) is 0.607. The molecule has 1 aromatic carbocycles. The molecule has 0 heterocycles. The molecule has 78 valence electrons. The van der Waals surface area contributed by atoms with Crippen molar-refractivity contribution in [2.24, 2.45) is 5.73 Å². The maximum absolute atomic E-state index is 5.68. The first-order valence-electron chi connectivity index (χ1n) is 4.59. The lowest BCUT2D eigenvalue weighted by Crippen LogP contribution is -2.14. The van der Waals surface area contributed by atoms with Gasteiger partial charge in [-0.15, -0.1) is 0 Å². The minimum atomic E-state index is 0.554. The highest BCUT2D eigenvalue weighted by atomic mass is 16.5. The van der Waals surface area contributed by atoms with Gasteiger partial charge in [-0.1, -0.05) is 0 Å². The van der Waals surface area contributed by atoms with E-state index >= 15 is 0 Å². The Bertz CT molecular complexity index is 289. The van der Waals surface area contributed by atoms with Gasteiger partial charge in [0.1, 0.15) is 0 Å². The predicted molar refractivity (Wildman–Crippen MR) is 59.1 cm³/mol. The van der Waals surface area contributed by atoms with Crippen LogP contribution in [-0.4, -0.2) is 20.2 Å². The van der Waals surface area contributed by atoms with E-state index in [9.17, 15) is 0 Å². The van der Waals surface area contributed by atoms with Crippen molar-refractivity contribution in [2.45, 2.75) is 6.61 Å². The van der Waals surface area contributed by atoms with Crippen molar-refractivity contribution in [3.8, 4) is 0 Å². The van der Waals surface area contributed by atoms with Crippen LogP contribution in [0.3, 0.4) is 0 Å². The van der Waals surface area contributed by atoms with E-state index in [0.717, 1.165) is 23.5 Å². The molecule has 0 aliphatic carbocycles. The van der Waals surface area contributed by atoms with Gasteiger partial charge in [-0.05, 0) is 18.2 Å². The summed E-state index contributed by atoms with van der Waals surface area (Å²) >= 11 is 0. The summed E-state index contributed by atoms with van der Waals surface area (Å²) in [6.07, 6.45) is 0. The van der Waals surface area contributed by atoms with Gasteiger partial charge in [-0.3, -0.25) is 0 Å². The van der Waals surface area contributed by atoms with Crippen LogP contribution in [-0.2, 0) is 11.3 Å². The zero-order chi connectivity index (χ0) is 10.4. The maximum atomic E-state index is 5.68. The Hall–Kier alpha value is -1.26. The van der Waals surface area contributed by atoms with Crippen molar-refractivity contribution in [1.29, 1.82) is 0 Å². The van der Waals surface area contributed by atoms with Gasteiger partial charge in [0.15, 0.2) is 0 Å². The number of anilines is 2. The number of nitrogens with two attached hydrogens (primary N) is 2. The molecule has 0 fully saturated rings. The molecular formula is C10H17N3O. The fraction of sp³-hybridized carbons (Fsp3) is 0.400. The van der Waals surface area contributed by atoms with Crippen LogP contribution in [0.1, 0.15) is 5.56 Å². The zero-order valence-electron chi connectivity index (χ0n) is 8.42. The van der Waals surface area contributed by atoms with Crippen molar-refractivity contribution >= 4 is 11.4 Å². The predicted octanol–water partition coefficient (Wildman–Crippen LogP) is 0.786. The molecule has 0 spiro atoms. The minimum Gasteiger partial charge on any atom is -0.399 e. The molecule has 0 aliphatic rings. The third-order valence-corrected chi connectivity index (χ3v) is 1.89. The van der Waals surface area contributed by atoms with Crippen LogP contribution in [0.15, 0.2) is 18.2 Å². The van der Waals surface area contributed by atoms with Crippen molar-refractivity contribution in [1.82, 2.24) is 0 Å². The smallest absolute Gasteiger partial charge is 0.0733 e. The van der Waals surface area contributed by atoms with Crippen molar-refractivity contribution in [2.75, 3.05) is 31.2 Å². The molecule has 0 bridgehead atoms. The van der Waals surface area contributed by atoms with Gasteiger partial charge < -0.3 is 21.5 Å². The van der Waals surface area contributed by atoms with Crippen molar-refractivity contribution in [3.63, 3.8) is 0 Å². The fourth-order valence-electron chi connectivity index (χ4n) is 1.27. The van der Waals surface area contributed by atoms with E-state index in [2.05, 4.69) is 5.32 Å². The number of rotatable bonds is 5. The molecule has 0 saturated carbocycles. The average Bonchev–Trinajstić information content (AvgIpc) is 2.17. The zero-order valence-corrected chi connectivity index (χ0v) is 8.42. The fourth-order valence-corrected chi connectivity index (χ4v) is 1.27. The van der Waals surface area contributed by atoms with Crippen LogP contribution >= 0.6 is 0 Å². The standard InChI is InChI=1S/C10H17N3O/c1-14-7-8-6-9(12)2-3-10(8)13-5-4-11/h2-3,6,13H,4-5,7,11-12H2,1H3. The van der Waals surface area contributed by atoms with Gasteiger partial charge in [0, 0.05) is 37.1 Å². The first-order chi connectivity index (χ1) is 6.77. The Balaban J connectivity index is 2.78. The molecule has 1 rings (SSSR count). The molecule has 5 N–H and O–H groups in total. The van der Waals surface area contributed by atoms with Gasteiger partial charge in [0.25, 0.3) is 0 Å². The summed E-state index contributed by atoms with van der Waals surface area (Å²) < 4.78 is 5.08. The Morgan fingerprint density at radius 3 is 2.86 bits per heavy atom. The van der Waals surface area contributed by atoms with Crippen LogP contribution in [0, 0.1) is 0 Å². The van der Waals surface area contributed by atoms with Gasteiger partial charge in [0.05, 0.1) is 6.61 Å². The van der Waals surface area contributed by atoms with Gasteiger partial charge >= 0.3 is 0 Å². The number of ether oxygens (including phenoxy) is 1. The molecule has 1 aromatic rings. The largest absolute Gasteiger partial charge is 0.399 e. The first-order valence-corrected chi connectivity index (χ1v) is 4.59. The van der Waals surface area contributed by atoms with Crippen molar-refractivity contribution < 1.29 is 4.74 Å². The number of benzene rings is 1. The monoisotopic (exact) mass is 195 g/mol. The average molecular weight is 195 g/mol. The lowest BCUT2D eigenvalue weighted by Gasteiger charge is -2.11. The van der Waals surface area contributed by atoms with Crippen LogP contribution in [0.25, 0.3) is 0 Å². The highest BCUT2D eigenvalue weighted by molar-refractivity contribution is 5.57. The summed E-state index contributed by atoms with van der Waals surface area (Å²) in [6.45, 7) is 1.91. The topological polar surface area (TPSA) is 73.3 Å². The SMILES string of the molecule is COCc1cc(N)ccc1NCCN. The lowest BCUT2D eigenvalue weighted by atomic mass is 10.1. The number of nitrogens with one attached hydrogen (secondary N) is 1. The van der Waals surface area contributed by atoms with Gasteiger partial charge in [0.2, 0.25) is 0 Å². The maximum Gasteiger partial charge on any atom is 0.0733 e. The molecule has 0 radical (unpaired) electrons. The molecule has 0 unspecified atom stereocenters. The van der Waals surface area contributed by atoms with E-state index < -0.39 is 0 Å². The van der Waals surface area contributed by atoms with Crippen molar-refractivity contribution in [3.05, 3.63) is 23.8 Å². The van der Waals surface area contributed by atoms with E-state index in [1.807, 2.05) is 18.2 Å². The summed E-state index contributed by atoms with van der Waals surface area (Å²) in [7, 11) is 1.66. The van der Waals surface area contributed by atoms with Crippen LogP contribution in [0.5, 0.6) is 0 Å². The molecule has 0 amide bonds. The van der Waals surface area contributed by atoms with Crippen LogP contribution in [0.4, 0.5) is 11.4 Å². The van der Waals surface area contributed by atoms with E-state index in [-0.39, 0.29) is 0 Å². The molecule has 14 heavy (non-hydrogen) atoms. The second-order valence-corrected chi connectivity index (χ2v) is 3.07. The summed E-state index contributed by atoms with van der Waals surface area (Å²) in [4.78, 5) is 0. The number of hydrogen-bond acceptors (Lipinski definition) is 4. The summed E-state index contributed by atoms with van der Waals surface area (Å²) in [6, 6.07) is 5.71. The Kier molecular flexibility index (Phi) is 4.22. The molecule has 4 heteroatoms. The summed E-state index contributed by atoms with van der Waals surface area (Å²) in [5.41, 5.74) is 13.9. The summed E-state index contributed by atoms with van der Waals surface area (Å²) in [5, 5.41) is 3.21. The molecule has 0 atom stereocenters. The van der Waals surface area contributed by atoms with Gasteiger partial charge in [-0.2, -0.15) is 0 Å². The highest BCUT2D eigenvalue weighted by Gasteiger charge is 2.01. The second-order valence-electron chi connectivity index (χ2n) is 3.07. The summed E-state index contributed by atoms with van der Waals surface area (Å²) in [5.74, 6) is 0. The van der Waals surface area contributed by atoms with E-state index in [4.69, 9.17) is 16.2 Å². The highest BCUT2D eigenvalue weighted by Crippen LogP contribution is 2.19. The third kappa shape index (κ3) is 2.90. The molecule has 0 saturated heterocycles. The lowest BCUT2D eigenvalue weighted by molar-refractivity contribution is 0.185. The number of methoxy groups -OCH3 is 1. The Morgan fingerprint density at radius 2 is 2.21 bits per heavy atom. The van der Waals surface area contributed by atoms with E-state index in [1.54, 1.807) is 7.11 Å². The van der Waals surface area contributed by atoms with Crippen LogP contribution in [0.2, 0.25) is 0 Å². The number of nitrogen functional groups attached to an aromatic ring is 1. The Labute approximate surface area is 84.2 Å². The normalized spacial score (nSPS) is 10.1. The first kappa shape index (κ1) is 10.8. The Morgan fingerprint density at radius 1 is 1.43 bits per heavy atom. The van der Waals surface area contributed by atoms with E-state index in [0.29, 0.717) is 13.2 Å². The van der Waals surface area contributed by atoms with Crippen LogP contribution < -0.4 is 16.8 Å². The molecular weight excluding hydrogens is 178 g/mol.